The maximum atomic E-state index is 10.9. The molecule has 0 aliphatic carbocycles. The molecule has 0 fully saturated rings. The van der Waals surface area contributed by atoms with Crippen molar-refractivity contribution in [2.75, 3.05) is 5.32 Å². The van der Waals surface area contributed by atoms with Crippen LogP contribution in [-0.4, -0.2) is 17.1 Å². The van der Waals surface area contributed by atoms with E-state index in [0.29, 0.717) is 10.5 Å². The van der Waals surface area contributed by atoms with Gasteiger partial charge in [0.15, 0.2) is 0 Å². The van der Waals surface area contributed by atoms with Crippen LogP contribution in [0.5, 0.6) is 0 Å². The van der Waals surface area contributed by atoms with E-state index in [1.54, 1.807) is 18.2 Å². The number of hydrogen-bond acceptors (Lipinski definition) is 2. The number of aromatic carboxylic acids is 1. The van der Waals surface area contributed by atoms with E-state index in [-0.39, 0.29) is 11.0 Å². The van der Waals surface area contributed by atoms with Gasteiger partial charge >= 0.3 is 5.97 Å². The maximum Gasteiger partial charge on any atom is 0.336 e. The Hall–Kier alpha value is -1.03. The highest BCUT2D eigenvalue weighted by molar-refractivity contribution is 9.10. The molecular weight excluding hydrogens is 282 g/mol. The van der Waals surface area contributed by atoms with Crippen molar-refractivity contribution in [3.05, 3.63) is 28.2 Å². The quantitative estimate of drug-likeness (QED) is 0.887. The lowest BCUT2D eigenvalue weighted by atomic mass is 9.88. The Labute approximate surface area is 110 Å². The Morgan fingerprint density at radius 2 is 2.00 bits per heavy atom. The lowest BCUT2D eigenvalue weighted by Crippen LogP contribution is -2.30. The second-order valence-electron chi connectivity index (χ2n) is 5.23. The monoisotopic (exact) mass is 299 g/mol. The van der Waals surface area contributed by atoms with Crippen LogP contribution in [-0.2, 0) is 0 Å². The summed E-state index contributed by atoms with van der Waals surface area (Å²) >= 11 is 3.27. The summed E-state index contributed by atoms with van der Waals surface area (Å²) in [6.45, 7) is 8.58. The summed E-state index contributed by atoms with van der Waals surface area (Å²) < 4.78 is 0.594. The molecule has 0 aromatic heterocycles. The van der Waals surface area contributed by atoms with Gasteiger partial charge in [0, 0.05) is 16.2 Å². The van der Waals surface area contributed by atoms with E-state index in [0.717, 1.165) is 5.69 Å². The van der Waals surface area contributed by atoms with E-state index >= 15 is 0 Å². The number of rotatable bonds is 3. The molecule has 1 rings (SSSR count). The van der Waals surface area contributed by atoms with Gasteiger partial charge in [0.25, 0.3) is 0 Å². The third-order valence-electron chi connectivity index (χ3n) is 2.88. The van der Waals surface area contributed by atoms with Crippen molar-refractivity contribution in [3.63, 3.8) is 0 Å². The summed E-state index contributed by atoms with van der Waals surface area (Å²) in [4.78, 5) is 10.9. The molecule has 0 bridgehead atoms. The Morgan fingerprint density at radius 3 is 2.41 bits per heavy atom. The Morgan fingerprint density at radius 1 is 1.41 bits per heavy atom. The van der Waals surface area contributed by atoms with E-state index in [9.17, 15) is 4.79 Å². The predicted molar refractivity (Wildman–Crippen MR) is 73.6 cm³/mol. The minimum atomic E-state index is -0.924. The molecule has 0 spiro atoms. The van der Waals surface area contributed by atoms with Crippen molar-refractivity contribution in [3.8, 4) is 0 Å². The van der Waals surface area contributed by atoms with Gasteiger partial charge in [0.1, 0.15) is 0 Å². The highest BCUT2D eigenvalue weighted by Gasteiger charge is 2.20. The summed E-state index contributed by atoms with van der Waals surface area (Å²) in [5, 5.41) is 12.3. The van der Waals surface area contributed by atoms with Crippen molar-refractivity contribution in [1.82, 2.24) is 0 Å². The zero-order valence-corrected chi connectivity index (χ0v) is 12.1. The van der Waals surface area contributed by atoms with E-state index in [4.69, 9.17) is 5.11 Å². The zero-order chi connectivity index (χ0) is 13.2. The van der Waals surface area contributed by atoms with Gasteiger partial charge in [-0.25, -0.2) is 4.79 Å². The first-order valence-electron chi connectivity index (χ1n) is 5.51. The third kappa shape index (κ3) is 3.73. The molecule has 4 heteroatoms. The molecule has 0 saturated heterocycles. The lowest BCUT2D eigenvalue weighted by Gasteiger charge is -2.29. The van der Waals surface area contributed by atoms with Gasteiger partial charge < -0.3 is 10.4 Å². The normalized spacial score (nSPS) is 13.2. The number of carbonyl (C=O) groups is 1. The number of carboxylic acid groups (broad SMARTS) is 1. The van der Waals surface area contributed by atoms with Crippen LogP contribution in [0.2, 0.25) is 0 Å². The minimum absolute atomic E-state index is 0.151. The first-order valence-corrected chi connectivity index (χ1v) is 6.30. The van der Waals surface area contributed by atoms with Crippen LogP contribution in [0.3, 0.4) is 0 Å². The Balaban J connectivity index is 2.88. The molecule has 1 unspecified atom stereocenters. The average molecular weight is 300 g/mol. The van der Waals surface area contributed by atoms with Crippen LogP contribution in [0, 0.1) is 5.41 Å². The van der Waals surface area contributed by atoms with Gasteiger partial charge in [-0.15, -0.1) is 0 Å². The van der Waals surface area contributed by atoms with E-state index < -0.39 is 5.97 Å². The summed E-state index contributed by atoms with van der Waals surface area (Å²) in [6, 6.07) is 5.48. The highest BCUT2D eigenvalue weighted by atomic mass is 79.9. The summed E-state index contributed by atoms with van der Waals surface area (Å²) in [7, 11) is 0. The minimum Gasteiger partial charge on any atom is -0.478 e. The van der Waals surface area contributed by atoms with Crippen molar-refractivity contribution in [1.29, 1.82) is 0 Å². The molecule has 1 atom stereocenters. The molecule has 0 aliphatic rings. The maximum absolute atomic E-state index is 10.9. The topological polar surface area (TPSA) is 49.3 Å². The van der Waals surface area contributed by atoms with Gasteiger partial charge in [-0.3, -0.25) is 0 Å². The number of hydrogen-bond donors (Lipinski definition) is 2. The second kappa shape index (κ2) is 5.08. The summed E-state index contributed by atoms with van der Waals surface area (Å²) in [6.07, 6.45) is 0. The molecule has 0 saturated carbocycles. The van der Waals surface area contributed by atoms with Crippen molar-refractivity contribution < 1.29 is 9.90 Å². The molecule has 1 aromatic carbocycles. The largest absolute Gasteiger partial charge is 0.478 e. The molecule has 0 radical (unpaired) electrons. The fourth-order valence-corrected chi connectivity index (χ4v) is 1.79. The molecular formula is C13H18BrNO2. The zero-order valence-electron chi connectivity index (χ0n) is 10.5. The molecule has 1 aromatic rings. The van der Waals surface area contributed by atoms with Gasteiger partial charge in [0.2, 0.25) is 0 Å². The molecule has 0 heterocycles. The van der Waals surface area contributed by atoms with Crippen molar-refractivity contribution >= 4 is 27.6 Å². The van der Waals surface area contributed by atoms with Crippen molar-refractivity contribution in [2.24, 2.45) is 5.41 Å². The highest BCUT2D eigenvalue weighted by Crippen LogP contribution is 2.26. The lowest BCUT2D eigenvalue weighted by molar-refractivity contribution is 0.0696. The first-order chi connectivity index (χ1) is 7.71. The number of nitrogens with one attached hydrogen (secondary N) is 1. The summed E-state index contributed by atoms with van der Waals surface area (Å²) in [5.41, 5.74) is 1.35. The molecule has 94 valence electrons. The second-order valence-corrected chi connectivity index (χ2v) is 6.09. The molecule has 2 N–H and O–H groups in total. The van der Waals surface area contributed by atoms with Crippen LogP contribution < -0.4 is 5.32 Å². The van der Waals surface area contributed by atoms with Gasteiger partial charge in [0.05, 0.1) is 5.56 Å². The SMILES string of the molecule is CC(Nc1ccc(C(=O)O)c(Br)c1)C(C)(C)C. The number of halogens is 1. The predicted octanol–water partition coefficient (Wildman–Crippen LogP) is 3.99. The molecule has 0 aliphatic heterocycles. The number of carboxylic acids is 1. The third-order valence-corrected chi connectivity index (χ3v) is 3.54. The summed E-state index contributed by atoms with van der Waals surface area (Å²) in [5.74, 6) is -0.924. The van der Waals surface area contributed by atoms with E-state index in [2.05, 4.69) is 48.9 Å². The van der Waals surface area contributed by atoms with Gasteiger partial charge in [-0.2, -0.15) is 0 Å². The number of anilines is 1. The van der Waals surface area contributed by atoms with E-state index in [1.165, 1.54) is 0 Å². The van der Waals surface area contributed by atoms with Gasteiger partial charge in [-0.1, -0.05) is 20.8 Å². The number of benzene rings is 1. The van der Waals surface area contributed by atoms with Crippen LogP contribution in [0.15, 0.2) is 22.7 Å². The standard InChI is InChI=1S/C13H18BrNO2/c1-8(13(2,3)4)15-9-5-6-10(12(16)17)11(14)7-9/h5-8,15H,1-4H3,(H,16,17). The van der Waals surface area contributed by atoms with Crippen LogP contribution in [0.4, 0.5) is 5.69 Å². The average Bonchev–Trinajstić information content (AvgIpc) is 2.15. The van der Waals surface area contributed by atoms with Crippen LogP contribution >= 0.6 is 15.9 Å². The van der Waals surface area contributed by atoms with Crippen LogP contribution in [0.25, 0.3) is 0 Å². The Kier molecular flexibility index (Phi) is 4.20. The van der Waals surface area contributed by atoms with Crippen LogP contribution in [0.1, 0.15) is 38.1 Å². The molecule has 0 amide bonds. The van der Waals surface area contributed by atoms with Crippen molar-refractivity contribution in [2.45, 2.75) is 33.7 Å². The van der Waals surface area contributed by atoms with E-state index in [1.807, 2.05) is 0 Å². The smallest absolute Gasteiger partial charge is 0.336 e. The fourth-order valence-electron chi connectivity index (χ4n) is 1.24. The molecule has 3 nitrogen and oxygen atoms in total. The molecule has 17 heavy (non-hydrogen) atoms. The van der Waals surface area contributed by atoms with Gasteiger partial charge in [-0.05, 0) is 46.5 Å². The Bertz CT molecular complexity index is 424. The first kappa shape index (κ1) is 14.0. The fraction of sp³-hybridized carbons (Fsp3) is 0.462.